The predicted octanol–water partition coefficient (Wildman–Crippen LogP) is 3.05. The zero-order chi connectivity index (χ0) is 30.9. The van der Waals surface area contributed by atoms with Gasteiger partial charge in [-0.25, -0.2) is 19.1 Å². The minimum atomic E-state index is -0.504. The van der Waals surface area contributed by atoms with Crippen LogP contribution in [0, 0.1) is 0 Å². The number of unbranched alkanes of at least 4 members (excludes halogenated alkanes) is 3. The van der Waals surface area contributed by atoms with E-state index in [-0.39, 0.29) is 47.6 Å². The van der Waals surface area contributed by atoms with Crippen LogP contribution in [0.3, 0.4) is 0 Å². The van der Waals surface area contributed by atoms with Crippen LogP contribution in [0.1, 0.15) is 75.6 Å². The molecule has 2 aromatic heterocycles. The molecule has 1 saturated heterocycles. The second-order valence-corrected chi connectivity index (χ2v) is 11.3. The maximum absolute atomic E-state index is 12.9. The smallest absolute Gasteiger partial charge is 0.277 e. The molecule has 0 aliphatic carbocycles. The average molecular weight is 615 g/mol. The number of anilines is 2. The molecule has 1 fully saturated rings. The summed E-state index contributed by atoms with van der Waals surface area (Å²) in [5.41, 5.74) is 13.3. The van der Waals surface area contributed by atoms with Gasteiger partial charge >= 0.3 is 0 Å². The summed E-state index contributed by atoms with van der Waals surface area (Å²) >= 11 is 5.95. The molecule has 3 aromatic rings. The number of piperidine rings is 1. The normalized spacial score (nSPS) is 14.2. The Kier molecular flexibility index (Phi) is 11.4. The predicted molar refractivity (Wildman–Crippen MR) is 168 cm³/mol. The number of hydrogen-bond donors (Lipinski definition) is 4. The third kappa shape index (κ3) is 8.05. The lowest BCUT2D eigenvalue weighted by atomic mass is 10.0. The molecule has 1 aromatic carbocycles. The summed E-state index contributed by atoms with van der Waals surface area (Å²) in [7, 11) is 0. The summed E-state index contributed by atoms with van der Waals surface area (Å²) in [6.07, 6.45) is 7.04. The molecule has 4 rings (SSSR count). The zero-order valence-electron chi connectivity index (χ0n) is 25.5. The van der Waals surface area contributed by atoms with E-state index in [4.69, 9.17) is 27.8 Å². The average Bonchev–Trinajstić information content (AvgIpc) is 3.31. The number of nitrogen functional groups attached to an aromatic ring is 2. The van der Waals surface area contributed by atoms with Crippen LogP contribution >= 0.6 is 11.6 Å². The van der Waals surface area contributed by atoms with Gasteiger partial charge in [0, 0.05) is 25.2 Å². The molecule has 0 radical (unpaired) electrons. The van der Waals surface area contributed by atoms with Gasteiger partial charge in [0.1, 0.15) is 12.3 Å². The molecule has 1 aliphatic heterocycles. The number of halogens is 1. The minimum absolute atomic E-state index is 0.0324. The van der Waals surface area contributed by atoms with Crippen molar-refractivity contribution in [2.24, 2.45) is 0 Å². The highest BCUT2D eigenvalue weighted by Crippen LogP contribution is 2.22. The molecule has 3 heterocycles. The molecule has 0 saturated carbocycles. The second kappa shape index (κ2) is 15.2. The molecule has 0 spiro atoms. The van der Waals surface area contributed by atoms with Crippen molar-refractivity contribution in [2.45, 2.75) is 85.0 Å². The number of imidazole rings is 1. The number of benzene rings is 1. The maximum atomic E-state index is 12.9. The lowest BCUT2D eigenvalue weighted by Gasteiger charge is -2.32. The van der Waals surface area contributed by atoms with Crippen molar-refractivity contribution in [1.82, 2.24) is 30.1 Å². The van der Waals surface area contributed by atoms with Crippen molar-refractivity contribution in [3.05, 3.63) is 34.9 Å². The number of rotatable bonds is 14. The molecule has 2 amide bonds. The van der Waals surface area contributed by atoms with E-state index >= 15 is 0 Å². The summed E-state index contributed by atoms with van der Waals surface area (Å²) in [5, 5.41) is 5.94. The first kappa shape index (κ1) is 32.3. The Bertz CT molecular complexity index is 1420. The molecule has 0 bridgehead atoms. The van der Waals surface area contributed by atoms with Gasteiger partial charge in [0.25, 0.3) is 17.6 Å². The first-order valence-electron chi connectivity index (χ1n) is 15.3. The standard InChI is InChI=1S/C30H44ClN9O3/c1-4-7-8-9-14-38-15-12-20(13-16-38)35-24(41)19-43-21-10-11-22-23(17-21)40(6-3)25(39(22)5-2)18-34-30(42)26-28(32)37-29(33)27(31)36-26/h10-11,17,20H,4-9,12-16,18-19H2,1-3H3,(H5-,32,33,34,35,37,41,42)/p+1. The topological polar surface area (TPSA) is 157 Å². The first-order valence-corrected chi connectivity index (χ1v) is 15.7. The van der Waals surface area contributed by atoms with E-state index in [9.17, 15) is 9.59 Å². The van der Waals surface area contributed by atoms with E-state index in [1.54, 1.807) is 0 Å². The molecule has 13 heteroatoms. The van der Waals surface area contributed by atoms with Crippen molar-refractivity contribution in [1.29, 1.82) is 0 Å². The van der Waals surface area contributed by atoms with Crippen molar-refractivity contribution in [3.63, 3.8) is 0 Å². The Morgan fingerprint density at radius 3 is 2.56 bits per heavy atom. The van der Waals surface area contributed by atoms with Gasteiger partial charge in [-0.15, -0.1) is 0 Å². The molecule has 12 nitrogen and oxygen atoms in total. The Hall–Kier alpha value is -3.64. The summed E-state index contributed by atoms with van der Waals surface area (Å²) in [6.45, 7) is 11.0. The second-order valence-electron chi connectivity index (χ2n) is 10.9. The van der Waals surface area contributed by atoms with E-state index < -0.39 is 5.91 Å². The first-order chi connectivity index (χ1) is 20.7. The van der Waals surface area contributed by atoms with Crippen LogP contribution in [0.2, 0.25) is 5.15 Å². The van der Waals surface area contributed by atoms with Crippen molar-refractivity contribution < 1.29 is 18.9 Å². The number of nitrogens with zero attached hydrogens (tertiary/aromatic N) is 5. The SMILES string of the molecule is CCCCCCN1CCC(NC(=O)COc2ccc3c(c2)n(CC)c(CNC(=O)c2nc(Cl)c(N)nc2N)[n+]3CC)CC1. The summed E-state index contributed by atoms with van der Waals surface area (Å²) in [5.74, 6) is 0.755. The van der Waals surface area contributed by atoms with Crippen LogP contribution in [0.15, 0.2) is 18.2 Å². The lowest BCUT2D eigenvalue weighted by molar-refractivity contribution is -0.676. The third-order valence-corrected chi connectivity index (χ3v) is 8.24. The number of aryl methyl sites for hydroxylation is 2. The molecule has 0 atom stereocenters. The van der Waals surface area contributed by atoms with Crippen LogP contribution < -0.4 is 31.4 Å². The fourth-order valence-corrected chi connectivity index (χ4v) is 5.82. The number of carbonyl (C=O) groups is 2. The fourth-order valence-electron chi connectivity index (χ4n) is 5.69. The molecule has 43 heavy (non-hydrogen) atoms. The van der Waals surface area contributed by atoms with Gasteiger partial charge < -0.3 is 31.7 Å². The highest BCUT2D eigenvalue weighted by molar-refractivity contribution is 6.31. The summed E-state index contributed by atoms with van der Waals surface area (Å²) in [6, 6.07) is 5.97. The highest BCUT2D eigenvalue weighted by Gasteiger charge is 2.26. The highest BCUT2D eigenvalue weighted by atomic mass is 35.5. The molecule has 234 valence electrons. The zero-order valence-corrected chi connectivity index (χ0v) is 26.3. The number of nitrogens with two attached hydrogens (primary N) is 2. The Balaban J connectivity index is 1.36. The van der Waals surface area contributed by atoms with Crippen LogP contribution in [0.25, 0.3) is 11.0 Å². The van der Waals surface area contributed by atoms with Gasteiger partial charge in [0.2, 0.25) is 0 Å². The largest absolute Gasteiger partial charge is 0.484 e. The number of nitrogens with one attached hydrogen (secondary N) is 2. The van der Waals surface area contributed by atoms with Crippen LogP contribution in [-0.4, -0.2) is 63.5 Å². The summed E-state index contributed by atoms with van der Waals surface area (Å²) < 4.78 is 10.1. The lowest BCUT2D eigenvalue weighted by Crippen LogP contribution is -2.46. The van der Waals surface area contributed by atoms with E-state index in [0.29, 0.717) is 18.8 Å². The number of amides is 2. The van der Waals surface area contributed by atoms with Gasteiger partial charge in [-0.3, -0.25) is 9.59 Å². The molecular formula is C30H45ClN9O3+. The van der Waals surface area contributed by atoms with E-state index in [2.05, 4.69) is 41.6 Å². The van der Waals surface area contributed by atoms with Gasteiger partial charge in [0.05, 0.1) is 13.1 Å². The Morgan fingerprint density at radius 2 is 1.86 bits per heavy atom. The van der Waals surface area contributed by atoms with E-state index in [1.807, 2.05) is 32.0 Å². The maximum Gasteiger partial charge on any atom is 0.277 e. The molecule has 0 unspecified atom stereocenters. The quantitative estimate of drug-likeness (QED) is 0.159. The van der Waals surface area contributed by atoms with E-state index in [1.165, 1.54) is 25.7 Å². The number of likely N-dealkylation sites (tertiary alicyclic amines) is 1. The van der Waals surface area contributed by atoms with Gasteiger partial charge in [0.15, 0.2) is 40.1 Å². The van der Waals surface area contributed by atoms with Crippen molar-refractivity contribution in [3.8, 4) is 5.75 Å². The van der Waals surface area contributed by atoms with Crippen molar-refractivity contribution in [2.75, 3.05) is 37.7 Å². The fraction of sp³-hybridized carbons (Fsp3) is 0.567. The number of aromatic nitrogens is 4. The minimum Gasteiger partial charge on any atom is -0.484 e. The molecule has 1 aliphatic rings. The Morgan fingerprint density at radius 1 is 1.09 bits per heavy atom. The molecular weight excluding hydrogens is 570 g/mol. The molecule has 6 N–H and O–H groups in total. The Labute approximate surface area is 258 Å². The third-order valence-electron chi connectivity index (χ3n) is 7.96. The number of ether oxygens (including phenoxy) is 1. The number of carbonyl (C=O) groups excluding carboxylic acids is 2. The van der Waals surface area contributed by atoms with Gasteiger partial charge in [-0.1, -0.05) is 37.8 Å². The van der Waals surface area contributed by atoms with Gasteiger partial charge in [-0.05, 0) is 51.8 Å². The van der Waals surface area contributed by atoms with Crippen molar-refractivity contribution >= 4 is 46.1 Å². The van der Waals surface area contributed by atoms with Crippen LogP contribution in [0.5, 0.6) is 5.75 Å². The monoisotopic (exact) mass is 614 g/mol. The number of hydrogen-bond acceptors (Lipinski definition) is 8. The number of fused-ring (bicyclic) bond motifs is 1. The van der Waals surface area contributed by atoms with Gasteiger partial charge in [-0.2, -0.15) is 0 Å². The van der Waals surface area contributed by atoms with Crippen LogP contribution in [0.4, 0.5) is 11.6 Å². The summed E-state index contributed by atoms with van der Waals surface area (Å²) in [4.78, 5) is 36.0. The van der Waals surface area contributed by atoms with Crippen LogP contribution in [-0.2, 0) is 24.4 Å². The van der Waals surface area contributed by atoms with E-state index in [0.717, 1.165) is 49.3 Å².